The Bertz CT molecular complexity index is 98.4. The van der Waals surface area contributed by atoms with Gasteiger partial charge < -0.3 is 9.84 Å². The molecule has 0 spiro atoms. The van der Waals surface area contributed by atoms with Crippen LogP contribution in [0.4, 0.5) is 0 Å². The highest BCUT2D eigenvalue weighted by atomic mass is 16.5. The summed E-state index contributed by atoms with van der Waals surface area (Å²) >= 11 is 0. The second kappa shape index (κ2) is 2.80. The molecule has 2 saturated heterocycles. The maximum Gasteiger partial charge on any atom is 0.290 e. The van der Waals surface area contributed by atoms with Crippen LogP contribution in [0.2, 0.25) is 0 Å². The summed E-state index contributed by atoms with van der Waals surface area (Å²) in [6, 6.07) is 0.824. The number of carbonyl (C=O) groups is 1. The van der Waals surface area contributed by atoms with Crippen molar-refractivity contribution in [3.8, 4) is 0 Å². The number of carboxylic acid groups (broad SMARTS) is 1. The molecule has 0 radical (unpaired) electrons. The summed E-state index contributed by atoms with van der Waals surface area (Å²) in [5.41, 5.74) is 0. The molecule has 4 nitrogen and oxygen atoms in total. The van der Waals surface area contributed by atoms with E-state index in [0.717, 1.165) is 19.4 Å². The molecule has 0 saturated carbocycles. The molecule has 2 aliphatic rings. The van der Waals surface area contributed by atoms with E-state index >= 15 is 0 Å². The highest BCUT2D eigenvalue weighted by Gasteiger charge is 2.38. The first-order valence-electron chi connectivity index (χ1n) is 2.78. The molecule has 0 amide bonds. The molecule has 4 heteroatoms. The van der Waals surface area contributed by atoms with Crippen molar-refractivity contribution in [1.29, 1.82) is 0 Å². The Labute approximate surface area is 53.0 Å². The first kappa shape index (κ1) is 6.51. The lowest BCUT2D eigenvalue weighted by atomic mass is 10.5. The van der Waals surface area contributed by atoms with Gasteiger partial charge in [0.15, 0.2) is 0 Å². The zero-order valence-electron chi connectivity index (χ0n) is 4.99. The van der Waals surface area contributed by atoms with Gasteiger partial charge in [0.1, 0.15) is 0 Å². The minimum atomic E-state index is -0.250. The molecule has 0 aromatic carbocycles. The number of hydrogen-bond acceptors (Lipinski definition) is 3. The van der Waals surface area contributed by atoms with E-state index in [4.69, 9.17) is 14.6 Å². The van der Waals surface area contributed by atoms with Crippen LogP contribution in [-0.2, 0) is 9.53 Å². The van der Waals surface area contributed by atoms with Gasteiger partial charge in [-0.3, -0.25) is 9.69 Å². The Morgan fingerprint density at radius 1 is 1.78 bits per heavy atom. The number of rotatable bonds is 0. The van der Waals surface area contributed by atoms with Crippen LogP contribution in [0.5, 0.6) is 0 Å². The molecule has 52 valence electrons. The van der Waals surface area contributed by atoms with Crippen molar-refractivity contribution in [2.24, 2.45) is 0 Å². The van der Waals surface area contributed by atoms with Crippen LogP contribution in [0.3, 0.4) is 0 Å². The van der Waals surface area contributed by atoms with E-state index in [0.29, 0.717) is 0 Å². The third-order valence-corrected chi connectivity index (χ3v) is 1.40. The van der Waals surface area contributed by atoms with Crippen LogP contribution in [0.15, 0.2) is 0 Å². The molecular weight excluding hydrogens is 122 g/mol. The van der Waals surface area contributed by atoms with Crippen molar-refractivity contribution in [1.82, 2.24) is 4.90 Å². The standard InChI is InChI=1S/C4H7NO.CH2O2/c1-4-2-6-3-5(1)4;2-1-3/h4H,1-3H2;1H,(H,2,3). The molecule has 9 heavy (non-hydrogen) atoms. The Balaban J connectivity index is 0.000000120. The third-order valence-electron chi connectivity index (χ3n) is 1.40. The zero-order valence-corrected chi connectivity index (χ0v) is 4.99. The van der Waals surface area contributed by atoms with Crippen molar-refractivity contribution in [2.45, 2.75) is 6.04 Å². The fourth-order valence-electron chi connectivity index (χ4n) is 0.846. The van der Waals surface area contributed by atoms with E-state index < -0.39 is 0 Å². The number of nitrogens with zero attached hydrogens (tertiary/aromatic N) is 1. The highest BCUT2D eigenvalue weighted by molar-refractivity contribution is 5.32. The molecule has 0 aliphatic carbocycles. The zero-order chi connectivity index (χ0) is 6.69. The molecule has 2 unspecified atom stereocenters. The lowest BCUT2D eigenvalue weighted by molar-refractivity contribution is -0.122. The van der Waals surface area contributed by atoms with Gasteiger partial charge in [-0.25, -0.2) is 0 Å². The van der Waals surface area contributed by atoms with Crippen LogP contribution in [0.1, 0.15) is 0 Å². The summed E-state index contributed by atoms with van der Waals surface area (Å²) in [5, 5.41) is 6.89. The van der Waals surface area contributed by atoms with E-state index in [-0.39, 0.29) is 6.47 Å². The van der Waals surface area contributed by atoms with Crippen LogP contribution in [0.25, 0.3) is 0 Å². The van der Waals surface area contributed by atoms with Gasteiger partial charge in [0.25, 0.3) is 6.47 Å². The van der Waals surface area contributed by atoms with Gasteiger partial charge in [-0.15, -0.1) is 0 Å². The topological polar surface area (TPSA) is 49.5 Å². The van der Waals surface area contributed by atoms with Gasteiger partial charge in [0, 0.05) is 12.6 Å². The number of fused-ring (bicyclic) bond motifs is 1. The monoisotopic (exact) mass is 131 g/mol. The molecule has 0 aromatic rings. The average molecular weight is 131 g/mol. The quantitative estimate of drug-likeness (QED) is 0.351. The molecule has 2 atom stereocenters. The Kier molecular flexibility index (Phi) is 2.02. The summed E-state index contributed by atoms with van der Waals surface area (Å²) < 4.78 is 5.03. The van der Waals surface area contributed by atoms with Crippen LogP contribution >= 0.6 is 0 Å². The molecule has 2 fully saturated rings. The Hall–Kier alpha value is -0.610. The predicted octanol–water partition coefficient (Wildman–Crippen LogP) is -0.641. The maximum absolute atomic E-state index is 8.36. The highest BCUT2D eigenvalue weighted by Crippen LogP contribution is 2.22. The Morgan fingerprint density at radius 2 is 2.44 bits per heavy atom. The fourth-order valence-corrected chi connectivity index (χ4v) is 0.846. The number of ether oxygens (including phenoxy) is 1. The van der Waals surface area contributed by atoms with Gasteiger partial charge in [-0.05, 0) is 0 Å². The summed E-state index contributed by atoms with van der Waals surface area (Å²) in [4.78, 5) is 10.7. The van der Waals surface area contributed by atoms with Gasteiger partial charge >= 0.3 is 0 Å². The molecule has 2 aliphatic heterocycles. The summed E-state index contributed by atoms with van der Waals surface area (Å²) in [5.74, 6) is 0. The van der Waals surface area contributed by atoms with E-state index in [1.807, 2.05) is 0 Å². The average Bonchev–Trinajstić information content (AvgIpc) is 2.43. The first-order valence-corrected chi connectivity index (χ1v) is 2.78. The molecule has 2 heterocycles. The summed E-state index contributed by atoms with van der Waals surface area (Å²) in [6.45, 7) is 2.92. The van der Waals surface area contributed by atoms with Crippen LogP contribution in [0, 0.1) is 0 Å². The van der Waals surface area contributed by atoms with Crippen molar-refractivity contribution < 1.29 is 14.6 Å². The van der Waals surface area contributed by atoms with Gasteiger partial charge in [-0.1, -0.05) is 0 Å². The normalized spacial score (nSPS) is 36.0. The van der Waals surface area contributed by atoms with E-state index in [1.54, 1.807) is 0 Å². The molecule has 0 aromatic heterocycles. The maximum atomic E-state index is 8.36. The fraction of sp³-hybridized carbons (Fsp3) is 0.800. The van der Waals surface area contributed by atoms with E-state index in [1.165, 1.54) is 6.54 Å². The van der Waals surface area contributed by atoms with E-state index in [9.17, 15) is 0 Å². The summed E-state index contributed by atoms with van der Waals surface area (Å²) in [7, 11) is 0. The SMILES string of the molecule is C1OCN2CC12.O=CO. The lowest BCUT2D eigenvalue weighted by Crippen LogP contribution is -1.94. The molecule has 2 rings (SSSR count). The number of hydrogen-bond donors (Lipinski definition) is 1. The smallest absolute Gasteiger partial charge is 0.290 e. The van der Waals surface area contributed by atoms with Crippen molar-refractivity contribution >= 4 is 6.47 Å². The van der Waals surface area contributed by atoms with E-state index in [2.05, 4.69) is 4.90 Å². The predicted molar refractivity (Wildman–Crippen MR) is 30.0 cm³/mol. The molecule has 1 N–H and O–H groups in total. The van der Waals surface area contributed by atoms with Gasteiger partial charge in [0.2, 0.25) is 0 Å². The summed E-state index contributed by atoms with van der Waals surface area (Å²) in [6.07, 6.45) is 0. The minimum Gasteiger partial charge on any atom is -0.483 e. The second-order valence-corrected chi connectivity index (χ2v) is 2.03. The van der Waals surface area contributed by atoms with Crippen molar-refractivity contribution in [3.05, 3.63) is 0 Å². The van der Waals surface area contributed by atoms with Gasteiger partial charge in [0.05, 0.1) is 13.3 Å². The minimum absolute atomic E-state index is 0.250. The van der Waals surface area contributed by atoms with Crippen molar-refractivity contribution in [3.63, 3.8) is 0 Å². The second-order valence-electron chi connectivity index (χ2n) is 2.03. The lowest BCUT2D eigenvalue weighted by Gasteiger charge is -1.87. The third kappa shape index (κ3) is 1.65. The van der Waals surface area contributed by atoms with Crippen molar-refractivity contribution in [2.75, 3.05) is 19.9 Å². The molecular formula is C5H9NO3. The van der Waals surface area contributed by atoms with Gasteiger partial charge in [-0.2, -0.15) is 0 Å². The van der Waals surface area contributed by atoms with Crippen LogP contribution < -0.4 is 0 Å². The van der Waals surface area contributed by atoms with Crippen LogP contribution in [-0.4, -0.2) is 42.4 Å². The molecule has 0 bridgehead atoms. The Morgan fingerprint density at radius 3 is 2.56 bits per heavy atom. The largest absolute Gasteiger partial charge is 0.483 e. The first-order chi connectivity index (χ1) is 4.38.